The lowest BCUT2D eigenvalue weighted by molar-refractivity contribution is -0.124. The molecule has 23 heavy (non-hydrogen) atoms. The highest BCUT2D eigenvalue weighted by molar-refractivity contribution is 6.32. The van der Waals surface area contributed by atoms with Crippen LogP contribution in [0.3, 0.4) is 0 Å². The minimum absolute atomic E-state index is 0.0102. The number of halogens is 2. The maximum Gasteiger partial charge on any atom is 0.258 e. The third kappa shape index (κ3) is 4.23. The molecule has 2 aromatic carbocycles. The molecule has 1 N–H and O–H groups in total. The summed E-state index contributed by atoms with van der Waals surface area (Å²) in [6.07, 6.45) is 2.23. The predicted octanol–water partition coefficient (Wildman–Crippen LogP) is 4.13. The molecule has 1 amide bonds. The number of nitrogens with one attached hydrogen (secondary N) is 1. The summed E-state index contributed by atoms with van der Waals surface area (Å²) in [5, 5.41) is 3.17. The molecule has 2 aromatic rings. The van der Waals surface area contributed by atoms with Gasteiger partial charge in [0, 0.05) is 0 Å². The van der Waals surface area contributed by atoms with Crippen LogP contribution in [-0.4, -0.2) is 12.5 Å². The third-order valence-electron chi connectivity index (χ3n) is 3.82. The Morgan fingerprint density at radius 3 is 2.65 bits per heavy atom. The number of carbonyl (C=O) groups is 1. The lowest BCUT2D eigenvalue weighted by Crippen LogP contribution is -2.33. The van der Waals surface area contributed by atoms with Gasteiger partial charge in [0.2, 0.25) is 0 Å². The number of benzene rings is 2. The highest BCUT2D eigenvalue weighted by atomic mass is 35.5. The minimum Gasteiger partial charge on any atom is -0.482 e. The zero-order valence-electron chi connectivity index (χ0n) is 12.5. The van der Waals surface area contributed by atoms with E-state index in [1.807, 2.05) is 30.3 Å². The summed E-state index contributed by atoms with van der Waals surface area (Å²) < 4.78 is 18.4. The number of amides is 1. The average molecular weight is 334 g/mol. The summed E-state index contributed by atoms with van der Waals surface area (Å²) in [6.45, 7) is -0.151. The standard InChI is InChI=1S/C18H17ClFNO2/c19-15-10-14(20)8-9-16(15)23-11-17(22)21-18(13-6-7-13)12-4-2-1-3-5-12/h1-5,8-10,13,18H,6-7,11H2,(H,21,22). The van der Waals surface area contributed by atoms with Gasteiger partial charge in [0.05, 0.1) is 11.1 Å². The van der Waals surface area contributed by atoms with E-state index in [-0.39, 0.29) is 23.6 Å². The Bertz CT molecular complexity index is 689. The molecule has 0 aliphatic heterocycles. The van der Waals surface area contributed by atoms with Gasteiger partial charge in [-0.2, -0.15) is 0 Å². The summed E-state index contributed by atoms with van der Waals surface area (Å²) in [6, 6.07) is 13.7. The van der Waals surface area contributed by atoms with Gasteiger partial charge in [-0.1, -0.05) is 41.9 Å². The normalized spacial score (nSPS) is 15.0. The summed E-state index contributed by atoms with van der Waals surface area (Å²) in [7, 11) is 0. The van der Waals surface area contributed by atoms with E-state index in [2.05, 4.69) is 5.32 Å². The maximum absolute atomic E-state index is 13.0. The van der Waals surface area contributed by atoms with Crippen molar-refractivity contribution in [2.75, 3.05) is 6.61 Å². The molecule has 0 heterocycles. The molecule has 3 nitrogen and oxygen atoms in total. The Morgan fingerprint density at radius 1 is 1.26 bits per heavy atom. The fourth-order valence-corrected chi connectivity index (χ4v) is 2.74. The van der Waals surface area contributed by atoms with Crippen LogP contribution in [0.1, 0.15) is 24.4 Å². The number of carbonyl (C=O) groups excluding carboxylic acids is 1. The summed E-state index contributed by atoms with van der Waals surface area (Å²) in [4.78, 5) is 12.2. The molecule has 0 bridgehead atoms. The highest BCUT2D eigenvalue weighted by Gasteiger charge is 2.33. The van der Waals surface area contributed by atoms with Crippen molar-refractivity contribution >= 4 is 17.5 Å². The molecule has 120 valence electrons. The quantitative estimate of drug-likeness (QED) is 0.863. The highest BCUT2D eigenvalue weighted by Crippen LogP contribution is 2.40. The minimum atomic E-state index is -0.440. The van der Waals surface area contributed by atoms with Crippen molar-refractivity contribution in [2.45, 2.75) is 18.9 Å². The molecule has 1 aliphatic carbocycles. The Balaban J connectivity index is 1.59. The van der Waals surface area contributed by atoms with Crippen LogP contribution in [0.4, 0.5) is 4.39 Å². The summed E-state index contributed by atoms with van der Waals surface area (Å²) in [5.74, 6) is 0.123. The SMILES string of the molecule is O=C(COc1ccc(F)cc1Cl)NC(c1ccccc1)C1CC1. The number of hydrogen-bond donors (Lipinski definition) is 1. The van der Waals surface area contributed by atoms with Gasteiger partial charge in [-0.25, -0.2) is 4.39 Å². The van der Waals surface area contributed by atoms with E-state index in [9.17, 15) is 9.18 Å². The second-order valence-electron chi connectivity index (χ2n) is 5.66. The van der Waals surface area contributed by atoms with E-state index in [4.69, 9.17) is 16.3 Å². The Morgan fingerprint density at radius 2 is 2.00 bits per heavy atom. The van der Waals surface area contributed by atoms with Crippen molar-refractivity contribution in [1.82, 2.24) is 5.32 Å². The molecule has 0 radical (unpaired) electrons. The maximum atomic E-state index is 13.0. The van der Waals surface area contributed by atoms with Crippen LogP contribution in [0.15, 0.2) is 48.5 Å². The van der Waals surface area contributed by atoms with Gasteiger partial charge in [-0.15, -0.1) is 0 Å². The Hall–Kier alpha value is -2.07. The molecule has 0 saturated heterocycles. The van der Waals surface area contributed by atoms with Crippen molar-refractivity contribution in [3.8, 4) is 5.75 Å². The van der Waals surface area contributed by atoms with E-state index < -0.39 is 5.82 Å². The van der Waals surface area contributed by atoms with Crippen molar-refractivity contribution in [2.24, 2.45) is 5.92 Å². The molecule has 0 aromatic heterocycles. The van der Waals surface area contributed by atoms with Crippen LogP contribution in [-0.2, 0) is 4.79 Å². The molecule has 1 unspecified atom stereocenters. The van der Waals surface area contributed by atoms with Crippen LogP contribution >= 0.6 is 11.6 Å². The zero-order valence-corrected chi connectivity index (χ0v) is 13.2. The van der Waals surface area contributed by atoms with Gasteiger partial charge in [0.25, 0.3) is 5.91 Å². The topological polar surface area (TPSA) is 38.3 Å². The molecule has 1 aliphatic rings. The first kappa shape index (κ1) is 15.8. The van der Waals surface area contributed by atoms with E-state index >= 15 is 0 Å². The van der Waals surface area contributed by atoms with Crippen molar-refractivity contribution in [1.29, 1.82) is 0 Å². The Labute approximate surface area is 139 Å². The van der Waals surface area contributed by atoms with Gasteiger partial charge >= 0.3 is 0 Å². The third-order valence-corrected chi connectivity index (χ3v) is 4.12. The lowest BCUT2D eigenvalue weighted by Gasteiger charge is -2.19. The summed E-state index contributed by atoms with van der Waals surface area (Å²) >= 11 is 5.88. The number of hydrogen-bond acceptors (Lipinski definition) is 2. The van der Waals surface area contributed by atoms with E-state index in [1.54, 1.807) is 0 Å². The van der Waals surface area contributed by atoms with Gasteiger partial charge < -0.3 is 10.1 Å². The summed E-state index contributed by atoms with van der Waals surface area (Å²) in [5.41, 5.74) is 1.10. The van der Waals surface area contributed by atoms with Crippen molar-refractivity contribution in [3.63, 3.8) is 0 Å². The average Bonchev–Trinajstić information content (AvgIpc) is 3.37. The van der Waals surface area contributed by atoms with Gasteiger partial charge in [-0.3, -0.25) is 4.79 Å². The van der Waals surface area contributed by atoms with Crippen molar-refractivity contribution < 1.29 is 13.9 Å². The second kappa shape index (κ2) is 7.01. The lowest BCUT2D eigenvalue weighted by atomic mass is 10.0. The molecular formula is C18H17ClFNO2. The fraction of sp³-hybridized carbons (Fsp3) is 0.278. The van der Waals surface area contributed by atoms with Crippen LogP contribution in [0.2, 0.25) is 5.02 Å². The Kier molecular flexibility index (Phi) is 4.82. The molecular weight excluding hydrogens is 317 g/mol. The predicted molar refractivity (Wildman–Crippen MR) is 87.0 cm³/mol. The second-order valence-corrected chi connectivity index (χ2v) is 6.06. The first-order valence-corrected chi connectivity index (χ1v) is 7.93. The van der Waals surface area contributed by atoms with Gasteiger partial charge in [0.1, 0.15) is 11.6 Å². The first-order chi connectivity index (χ1) is 11.1. The van der Waals surface area contributed by atoms with E-state index in [1.165, 1.54) is 12.1 Å². The smallest absolute Gasteiger partial charge is 0.258 e. The molecule has 1 saturated carbocycles. The van der Waals surface area contributed by atoms with Crippen LogP contribution in [0, 0.1) is 11.7 Å². The van der Waals surface area contributed by atoms with E-state index in [0.717, 1.165) is 24.5 Å². The van der Waals surface area contributed by atoms with Crippen LogP contribution < -0.4 is 10.1 Å². The number of rotatable bonds is 6. The monoisotopic (exact) mass is 333 g/mol. The zero-order chi connectivity index (χ0) is 16.2. The molecule has 3 rings (SSSR count). The number of ether oxygens (including phenoxy) is 1. The fourth-order valence-electron chi connectivity index (χ4n) is 2.51. The molecule has 1 fully saturated rings. The molecule has 1 atom stereocenters. The molecule has 5 heteroatoms. The largest absolute Gasteiger partial charge is 0.482 e. The first-order valence-electron chi connectivity index (χ1n) is 7.55. The molecule has 0 spiro atoms. The van der Waals surface area contributed by atoms with Crippen molar-refractivity contribution in [3.05, 3.63) is 64.9 Å². The van der Waals surface area contributed by atoms with Crippen LogP contribution in [0.5, 0.6) is 5.75 Å². The van der Waals surface area contributed by atoms with Gasteiger partial charge in [-0.05, 0) is 42.5 Å². The van der Waals surface area contributed by atoms with E-state index in [0.29, 0.717) is 11.7 Å². The van der Waals surface area contributed by atoms with Gasteiger partial charge in [0.15, 0.2) is 6.61 Å². The van der Waals surface area contributed by atoms with Crippen LogP contribution in [0.25, 0.3) is 0 Å².